The first-order valence-electron chi connectivity index (χ1n) is 10.7. The first-order chi connectivity index (χ1) is 15.4. The van der Waals surface area contributed by atoms with E-state index in [0.29, 0.717) is 6.42 Å². The lowest BCUT2D eigenvalue weighted by molar-refractivity contribution is -0.147. The van der Waals surface area contributed by atoms with Crippen LogP contribution < -0.4 is 10.6 Å². The van der Waals surface area contributed by atoms with Crippen molar-refractivity contribution in [3.05, 3.63) is 59.7 Å². The Labute approximate surface area is 186 Å². The Morgan fingerprint density at radius 3 is 2.19 bits per heavy atom. The Bertz CT molecular complexity index is 931. The summed E-state index contributed by atoms with van der Waals surface area (Å²) in [6, 6.07) is 15.7. The minimum absolute atomic E-state index is 0.0316. The van der Waals surface area contributed by atoms with Gasteiger partial charge in [-0.25, -0.2) is 9.59 Å². The Morgan fingerprint density at radius 2 is 1.62 bits per heavy atom. The van der Waals surface area contributed by atoms with Gasteiger partial charge >= 0.3 is 12.1 Å². The molecule has 0 heterocycles. The molecule has 170 valence electrons. The number of fused-ring (bicyclic) bond motifs is 3. The number of nitrogens with one attached hydrogen (secondary N) is 2. The van der Waals surface area contributed by atoms with Crippen molar-refractivity contribution in [1.29, 1.82) is 0 Å². The van der Waals surface area contributed by atoms with Crippen molar-refractivity contribution in [1.82, 2.24) is 10.6 Å². The van der Waals surface area contributed by atoms with E-state index in [9.17, 15) is 19.5 Å². The van der Waals surface area contributed by atoms with Crippen LogP contribution in [0.3, 0.4) is 0 Å². The van der Waals surface area contributed by atoms with Gasteiger partial charge in [0.1, 0.15) is 6.61 Å². The molecule has 2 atom stereocenters. The van der Waals surface area contributed by atoms with Crippen LogP contribution in [0.1, 0.15) is 43.2 Å². The second kappa shape index (κ2) is 10.8. The maximum Gasteiger partial charge on any atom is 0.407 e. The summed E-state index contributed by atoms with van der Waals surface area (Å²) in [6.07, 6.45) is -1.64. The Balaban J connectivity index is 1.50. The van der Waals surface area contributed by atoms with Crippen molar-refractivity contribution in [2.75, 3.05) is 13.2 Å². The fraction of sp³-hybridized carbons (Fsp3) is 0.375. The van der Waals surface area contributed by atoms with Crippen LogP contribution in [-0.4, -0.2) is 53.5 Å². The molecule has 8 heteroatoms. The molecule has 2 amide bonds. The second-order valence-corrected chi connectivity index (χ2v) is 7.77. The van der Waals surface area contributed by atoms with Crippen LogP contribution in [0.15, 0.2) is 48.5 Å². The Morgan fingerprint density at radius 1 is 1.03 bits per heavy atom. The molecule has 0 unspecified atom stereocenters. The lowest BCUT2D eigenvalue weighted by atomic mass is 9.98. The number of carboxylic acids is 1. The number of carbonyl (C=O) groups excluding carboxylic acids is 2. The fourth-order valence-corrected chi connectivity index (χ4v) is 3.87. The number of alkyl carbamates (subject to hydrolysis) is 1. The number of aliphatic carboxylic acids is 1. The van der Waals surface area contributed by atoms with E-state index in [0.717, 1.165) is 22.3 Å². The van der Waals surface area contributed by atoms with Gasteiger partial charge in [-0.3, -0.25) is 4.79 Å². The third-order valence-corrected chi connectivity index (χ3v) is 5.62. The summed E-state index contributed by atoms with van der Waals surface area (Å²) in [6.45, 7) is 2.07. The normalized spacial score (nSPS) is 14.1. The molecule has 1 aliphatic carbocycles. The number of hydrogen-bond donors (Lipinski definition) is 4. The zero-order chi connectivity index (χ0) is 23.1. The van der Waals surface area contributed by atoms with Crippen molar-refractivity contribution in [2.24, 2.45) is 0 Å². The highest BCUT2D eigenvalue weighted by Gasteiger charge is 2.29. The highest BCUT2D eigenvalue weighted by Crippen LogP contribution is 2.44. The van der Waals surface area contributed by atoms with Gasteiger partial charge in [-0.05, 0) is 28.7 Å². The molecule has 2 aromatic rings. The zero-order valence-corrected chi connectivity index (χ0v) is 17.9. The van der Waals surface area contributed by atoms with Crippen molar-refractivity contribution in [3.8, 4) is 11.1 Å². The van der Waals surface area contributed by atoms with E-state index in [1.807, 2.05) is 43.3 Å². The molecule has 0 saturated carbocycles. The van der Waals surface area contributed by atoms with Gasteiger partial charge in [0, 0.05) is 31.3 Å². The average molecular weight is 440 g/mol. The molecule has 3 rings (SSSR count). The number of amides is 2. The van der Waals surface area contributed by atoms with Crippen molar-refractivity contribution in [3.63, 3.8) is 0 Å². The number of aliphatic hydroxyl groups is 1. The van der Waals surface area contributed by atoms with E-state index in [1.54, 1.807) is 0 Å². The average Bonchev–Trinajstić information content (AvgIpc) is 3.10. The van der Waals surface area contributed by atoms with Crippen molar-refractivity contribution in [2.45, 2.75) is 44.2 Å². The number of hydrogen-bond acceptors (Lipinski definition) is 5. The van der Waals surface area contributed by atoms with E-state index in [2.05, 4.69) is 22.8 Å². The van der Waals surface area contributed by atoms with Crippen LogP contribution in [0.2, 0.25) is 0 Å². The molecule has 1 aliphatic rings. The molecule has 0 aliphatic heterocycles. The van der Waals surface area contributed by atoms with E-state index < -0.39 is 24.2 Å². The Hall–Kier alpha value is -3.39. The largest absolute Gasteiger partial charge is 0.479 e. The third-order valence-electron chi connectivity index (χ3n) is 5.62. The van der Waals surface area contributed by atoms with Crippen LogP contribution >= 0.6 is 0 Å². The van der Waals surface area contributed by atoms with Crippen molar-refractivity contribution < 1.29 is 29.3 Å². The second-order valence-electron chi connectivity index (χ2n) is 7.77. The lowest BCUT2D eigenvalue weighted by Gasteiger charge is -2.19. The molecule has 32 heavy (non-hydrogen) atoms. The summed E-state index contributed by atoms with van der Waals surface area (Å²) in [5.74, 6) is -1.71. The summed E-state index contributed by atoms with van der Waals surface area (Å²) in [5.41, 5.74) is 4.54. The van der Waals surface area contributed by atoms with Crippen LogP contribution in [0.5, 0.6) is 0 Å². The molecular weight excluding hydrogens is 412 g/mol. The van der Waals surface area contributed by atoms with Crippen LogP contribution in [0.25, 0.3) is 11.1 Å². The van der Waals surface area contributed by atoms with Crippen LogP contribution in [0.4, 0.5) is 4.79 Å². The number of carboxylic acid groups (broad SMARTS) is 1. The number of benzene rings is 2. The van der Waals surface area contributed by atoms with E-state index in [4.69, 9.17) is 9.84 Å². The number of aliphatic hydroxyl groups excluding tert-OH is 1. The lowest BCUT2D eigenvalue weighted by Crippen LogP contribution is -2.40. The quantitative estimate of drug-likeness (QED) is 0.450. The number of rotatable bonds is 10. The van der Waals surface area contributed by atoms with Crippen LogP contribution in [-0.2, 0) is 14.3 Å². The van der Waals surface area contributed by atoms with E-state index in [-0.39, 0.29) is 37.8 Å². The highest BCUT2D eigenvalue weighted by molar-refractivity contribution is 5.79. The molecule has 8 nitrogen and oxygen atoms in total. The fourth-order valence-electron chi connectivity index (χ4n) is 3.87. The van der Waals surface area contributed by atoms with Crippen molar-refractivity contribution >= 4 is 18.0 Å². The van der Waals surface area contributed by atoms with Gasteiger partial charge in [0.25, 0.3) is 0 Å². The van der Waals surface area contributed by atoms with Gasteiger partial charge in [0.15, 0.2) is 6.10 Å². The highest BCUT2D eigenvalue weighted by atomic mass is 16.5. The first kappa shape index (κ1) is 23.3. The monoisotopic (exact) mass is 440 g/mol. The van der Waals surface area contributed by atoms with Gasteiger partial charge in [-0.1, -0.05) is 55.5 Å². The maximum absolute atomic E-state index is 12.4. The van der Waals surface area contributed by atoms with E-state index in [1.165, 1.54) is 0 Å². The SMILES string of the molecule is CC[C@@H](CC(=O)NCC[C@H](O)C(=O)O)NC(=O)OCC1c2ccccc2-c2ccccc21. The predicted molar refractivity (Wildman–Crippen MR) is 118 cm³/mol. The standard InChI is InChI=1S/C24H28N2O6/c1-2-15(13-22(28)25-12-11-21(27)23(29)30)26-24(31)32-14-20-18-9-5-3-7-16(18)17-8-4-6-10-19(17)20/h3-10,15,20-21,27H,2,11-14H2,1H3,(H,25,28)(H,26,31)(H,29,30)/t15-,21-/m0/s1. The molecule has 0 aromatic heterocycles. The minimum atomic E-state index is -1.52. The maximum atomic E-state index is 12.4. The Kier molecular flexibility index (Phi) is 7.83. The van der Waals surface area contributed by atoms with Gasteiger partial charge in [-0.15, -0.1) is 0 Å². The van der Waals surface area contributed by atoms with Gasteiger partial charge < -0.3 is 25.6 Å². The molecule has 2 aromatic carbocycles. The molecular formula is C24H28N2O6. The smallest absolute Gasteiger partial charge is 0.407 e. The molecule has 0 spiro atoms. The molecule has 0 radical (unpaired) electrons. The molecule has 4 N–H and O–H groups in total. The van der Waals surface area contributed by atoms with E-state index >= 15 is 0 Å². The minimum Gasteiger partial charge on any atom is -0.479 e. The van der Waals surface area contributed by atoms with Gasteiger partial charge in [0.2, 0.25) is 5.91 Å². The summed E-state index contributed by atoms with van der Waals surface area (Å²) >= 11 is 0. The molecule has 0 saturated heterocycles. The summed E-state index contributed by atoms with van der Waals surface area (Å²) < 4.78 is 5.51. The summed E-state index contributed by atoms with van der Waals surface area (Å²) in [5, 5.41) is 23.1. The first-order valence-corrected chi connectivity index (χ1v) is 10.7. The number of carbonyl (C=O) groups is 3. The van der Waals surface area contributed by atoms with Crippen LogP contribution in [0, 0.1) is 0 Å². The third kappa shape index (κ3) is 5.64. The summed E-state index contributed by atoms with van der Waals surface area (Å²) in [7, 11) is 0. The summed E-state index contributed by atoms with van der Waals surface area (Å²) in [4.78, 5) is 35.0. The molecule has 0 bridgehead atoms. The number of ether oxygens (including phenoxy) is 1. The van der Waals surface area contributed by atoms with Gasteiger partial charge in [0.05, 0.1) is 0 Å². The zero-order valence-electron chi connectivity index (χ0n) is 17.9. The van der Waals surface area contributed by atoms with Gasteiger partial charge in [-0.2, -0.15) is 0 Å². The topological polar surface area (TPSA) is 125 Å². The molecule has 0 fully saturated rings. The predicted octanol–water partition coefficient (Wildman–Crippen LogP) is 2.65.